The van der Waals surface area contributed by atoms with Gasteiger partial charge < -0.3 is 4.52 Å². The summed E-state index contributed by atoms with van der Waals surface area (Å²) in [6.07, 6.45) is 3.01. The van der Waals surface area contributed by atoms with Crippen LogP contribution in [-0.2, 0) is 19.4 Å². The summed E-state index contributed by atoms with van der Waals surface area (Å²) in [6.45, 7) is 0.681. The lowest BCUT2D eigenvalue weighted by Gasteiger charge is -2.23. The molecule has 24 heavy (non-hydrogen) atoms. The number of hydrogen-bond donors (Lipinski definition) is 0. The Labute approximate surface area is 142 Å². The minimum atomic E-state index is 0.436. The highest BCUT2D eigenvalue weighted by molar-refractivity contribution is 5.34. The van der Waals surface area contributed by atoms with E-state index in [1.54, 1.807) is 0 Å². The summed E-state index contributed by atoms with van der Waals surface area (Å²) in [5, 5.41) is 4.12. The van der Waals surface area contributed by atoms with Gasteiger partial charge in [-0.2, -0.15) is 4.98 Å². The fraction of sp³-hybridized carbons (Fsp3) is 0.300. The average Bonchev–Trinajstić information content (AvgIpc) is 3.22. The first-order chi connectivity index (χ1) is 11.8. The van der Waals surface area contributed by atoms with E-state index in [2.05, 4.69) is 58.5 Å². The molecule has 0 radical (unpaired) electrons. The van der Waals surface area contributed by atoms with Crippen LogP contribution in [0, 0.1) is 0 Å². The predicted molar refractivity (Wildman–Crippen MR) is 92.5 cm³/mol. The summed E-state index contributed by atoms with van der Waals surface area (Å²) in [4.78, 5) is 6.86. The van der Waals surface area contributed by atoms with E-state index in [0.29, 0.717) is 24.9 Å². The molecule has 4 rings (SSSR count). The number of aryl methyl sites for hydroxylation is 1. The van der Waals surface area contributed by atoms with Gasteiger partial charge in [0, 0.05) is 12.5 Å². The monoisotopic (exact) mass is 319 g/mol. The van der Waals surface area contributed by atoms with Crippen molar-refractivity contribution in [1.82, 2.24) is 15.0 Å². The Kier molecular flexibility index (Phi) is 4.13. The minimum absolute atomic E-state index is 0.436. The number of benzene rings is 2. The molecule has 122 valence electrons. The molecule has 1 atom stereocenters. The largest absolute Gasteiger partial charge is 0.338 e. The maximum atomic E-state index is 5.45. The molecule has 2 aromatic carbocycles. The van der Waals surface area contributed by atoms with Crippen LogP contribution in [0.4, 0.5) is 0 Å². The van der Waals surface area contributed by atoms with Crippen LogP contribution in [-0.4, -0.2) is 22.1 Å². The van der Waals surface area contributed by atoms with E-state index in [1.165, 1.54) is 16.7 Å². The molecule has 4 heteroatoms. The van der Waals surface area contributed by atoms with Gasteiger partial charge in [0.1, 0.15) is 0 Å². The zero-order valence-corrected chi connectivity index (χ0v) is 13.9. The second-order valence-electron chi connectivity index (χ2n) is 6.44. The van der Waals surface area contributed by atoms with Crippen LogP contribution in [0.25, 0.3) is 0 Å². The molecular weight excluding hydrogens is 298 g/mol. The second kappa shape index (κ2) is 6.57. The van der Waals surface area contributed by atoms with E-state index in [9.17, 15) is 0 Å². The first-order valence-corrected chi connectivity index (χ1v) is 8.43. The lowest BCUT2D eigenvalue weighted by atomic mass is 10.1. The summed E-state index contributed by atoms with van der Waals surface area (Å²) in [5.74, 6) is 1.43. The summed E-state index contributed by atoms with van der Waals surface area (Å²) in [6, 6.07) is 19.4. The Morgan fingerprint density at radius 1 is 1.08 bits per heavy atom. The lowest BCUT2D eigenvalue weighted by Crippen LogP contribution is -2.22. The van der Waals surface area contributed by atoms with E-state index in [0.717, 1.165) is 18.7 Å². The van der Waals surface area contributed by atoms with E-state index in [4.69, 9.17) is 4.52 Å². The Hall–Kier alpha value is -2.46. The zero-order chi connectivity index (χ0) is 16.4. The average molecular weight is 319 g/mol. The SMILES string of the molecule is CN(Cc1nc(Cc2ccccc2)no1)[C@H]1CCc2ccccc21. The number of nitrogens with zero attached hydrogens (tertiary/aromatic N) is 3. The van der Waals surface area contributed by atoms with E-state index >= 15 is 0 Å². The first-order valence-electron chi connectivity index (χ1n) is 8.43. The van der Waals surface area contributed by atoms with Crippen LogP contribution in [0.2, 0.25) is 0 Å². The fourth-order valence-corrected chi connectivity index (χ4v) is 3.52. The Balaban J connectivity index is 1.43. The highest BCUT2D eigenvalue weighted by Crippen LogP contribution is 2.35. The number of rotatable bonds is 5. The van der Waals surface area contributed by atoms with Crippen molar-refractivity contribution in [3.8, 4) is 0 Å². The molecule has 0 saturated heterocycles. The van der Waals surface area contributed by atoms with Crippen LogP contribution < -0.4 is 0 Å². The molecule has 4 nitrogen and oxygen atoms in total. The van der Waals surface area contributed by atoms with Crippen molar-refractivity contribution in [3.63, 3.8) is 0 Å². The first kappa shape index (κ1) is 15.1. The van der Waals surface area contributed by atoms with Crippen LogP contribution in [0.5, 0.6) is 0 Å². The standard InChI is InChI=1S/C20H21N3O/c1-23(18-12-11-16-9-5-6-10-17(16)18)14-20-21-19(22-24-20)13-15-7-3-2-4-8-15/h2-10,18H,11-14H2,1H3/t18-/m0/s1. The van der Waals surface area contributed by atoms with Crippen molar-refractivity contribution in [2.75, 3.05) is 7.05 Å². The lowest BCUT2D eigenvalue weighted by molar-refractivity contribution is 0.204. The molecule has 0 N–H and O–H groups in total. The van der Waals surface area contributed by atoms with E-state index < -0.39 is 0 Å². The molecule has 1 heterocycles. The van der Waals surface area contributed by atoms with Gasteiger partial charge in [-0.1, -0.05) is 59.8 Å². The van der Waals surface area contributed by atoms with Crippen LogP contribution >= 0.6 is 0 Å². The van der Waals surface area contributed by atoms with Gasteiger partial charge in [0.2, 0.25) is 5.89 Å². The molecule has 0 bridgehead atoms. The van der Waals surface area contributed by atoms with E-state index in [-0.39, 0.29) is 0 Å². The molecule has 1 aliphatic carbocycles. The van der Waals surface area contributed by atoms with Crippen molar-refractivity contribution in [1.29, 1.82) is 0 Å². The maximum Gasteiger partial charge on any atom is 0.240 e. The minimum Gasteiger partial charge on any atom is -0.338 e. The Morgan fingerprint density at radius 3 is 2.75 bits per heavy atom. The molecule has 0 fully saturated rings. The Bertz CT molecular complexity index is 813. The van der Waals surface area contributed by atoms with Gasteiger partial charge in [0.05, 0.1) is 6.54 Å². The van der Waals surface area contributed by atoms with E-state index in [1.807, 2.05) is 18.2 Å². The zero-order valence-electron chi connectivity index (χ0n) is 13.9. The Morgan fingerprint density at radius 2 is 1.88 bits per heavy atom. The van der Waals surface area contributed by atoms with Crippen molar-refractivity contribution in [2.45, 2.75) is 31.8 Å². The molecule has 0 amide bonds. The normalized spacial score (nSPS) is 16.5. The van der Waals surface area contributed by atoms with Gasteiger partial charge in [0.15, 0.2) is 5.82 Å². The van der Waals surface area contributed by atoms with Crippen molar-refractivity contribution in [2.24, 2.45) is 0 Å². The second-order valence-corrected chi connectivity index (χ2v) is 6.44. The van der Waals surface area contributed by atoms with Crippen LogP contribution in [0.15, 0.2) is 59.1 Å². The quantitative estimate of drug-likeness (QED) is 0.718. The van der Waals surface area contributed by atoms with Crippen LogP contribution in [0.1, 0.15) is 40.9 Å². The number of aromatic nitrogens is 2. The highest BCUT2D eigenvalue weighted by Gasteiger charge is 2.26. The van der Waals surface area contributed by atoms with Crippen molar-refractivity contribution in [3.05, 3.63) is 83.0 Å². The highest BCUT2D eigenvalue weighted by atomic mass is 16.5. The summed E-state index contributed by atoms with van der Waals surface area (Å²) in [7, 11) is 2.13. The third-order valence-electron chi connectivity index (χ3n) is 4.73. The van der Waals surface area contributed by atoms with Gasteiger partial charge in [-0.05, 0) is 36.6 Å². The third kappa shape index (κ3) is 3.10. The third-order valence-corrected chi connectivity index (χ3v) is 4.73. The number of hydrogen-bond acceptors (Lipinski definition) is 4. The smallest absolute Gasteiger partial charge is 0.240 e. The number of fused-ring (bicyclic) bond motifs is 1. The van der Waals surface area contributed by atoms with Crippen molar-refractivity contribution >= 4 is 0 Å². The molecule has 0 aliphatic heterocycles. The fourth-order valence-electron chi connectivity index (χ4n) is 3.52. The van der Waals surface area contributed by atoms with Gasteiger partial charge in [0.25, 0.3) is 0 Å². The molecule has 1 aliphatic rings. The molecule has 3 aromatic rings. The summed E-state index contributed by atoms with van der Waals surface area (Å²) < 4.78 is 5.45. The molecule has 0 unspecified atom stereocenters. The topological polar surface area (TPSA) is 42.2 Å². The van der Waals surface area contributed by atoms with Gasteiger partial charge in [-0.15, -0.1) is 0 Å². The van der Waals surface area contributed by atoms with Crippen molar-refractivity contribution < 1.29 is 4.52 Å². The molecule has 1 aromatic heterocycles. The van der Waals surface area contributed by atoms with Gasteiger partial charge >= 0.3 is 0 Å². The molecule has 0 spiro atoms. The predicted octanol–water partition coefficient (Wildman–Crippen LogP) is 3.78. The molecular formula is C20H21N3O. The van der Waals surface area contributed by atoms with Gasteiger partial charge in [-0.25, -0.2) is 0 Å². The maximum absolute atomic E-state index is 5.45. The molecule has 0 saturated carbocycles. The summed E-state index contributed by atoms with van der Waals surface area (Å²) >= 11 is 0. The van der Waals surface area contributed by atoms with Gasteiger partial charge in [-0.3, -0.25) is 4.90 Å². The summed E-state index contributed by atoms with van der Waals surface area (Å²) in [5.41, 5.74) is 4.09. The van der Waals surface area contributed by atoms with Crippen LogP contribution in [0.3, 0.4) is 0 Å².